The van der Waals surface area contributed by atoms with E-state index < -0.39 is 11.7 Å². The standard InChI is InChI=1S/C16H11F3N2O/c1-10-13-4-2-3-5-14(13)15(22)21(20-10)12-8-6-11(7-9-12)16(17,18)19/h2-9H,1H3. The van der Waals surface area contributed by atoms with Gasteiger partial charge in [0.25, 0.3) is 5.56 Å². The lowest BCUT2D eigenvalue weighted by Crippen LogP contribution is -2.22. The first-order chi connectivity index (χ1) is 10.4. The summed E-state index contributed by atoms with van der Waals surface area (Å²) in [6.07, 6.45) is -4.41. The predicted molar refractivity (Wildman–Crippen MR) is 77.1 cm³/mol. The number of alkyl halides is 3. The van der Waals surface area contributed by atoms with Crippen LogP contribution in [0.2, 0.25) is 0 Å². The molecule has 0 fully saturated rings. The second kappa shape index (κ2) is 4.98. The molecule has 2 aromatic carbocycles. The Morgan fingerprint density at radius 3 is 2.14 bits per heavy atom. The minimum atomic E-state index is -4.41. The summed E-state index contributed by atoms with van der Waals surface area (Å²) in [5.41, 5.74) is -0.190. The van der Waals surface area contributed by atoms with E-state index in [1.807, 2.05) is 0 Å². The summed E-state index contributed by atoms with van der Waals surface area (Å²) in [5, 5.41) is 5.40. The van der Waals surface area contributed by atoms with Gasteiger partial charge in [0.15, 0.2) is 0 Å². The minimum absolute atomic E-state index is 0.298. The molecule has 3 aromatic rings. The van der Waals surface area contributed by atoms with Crippen molar-refractivity contribution in [2.24, 2.45) is 0 Å². The Bertz CT molecular complexity index is 896. The minimum Gasteiger partial charge on any atom is -0.267 e. The molecule has 0 aliphatic carbocycles. The van der Waals surface area contributed by atoms with Crippen molar-refractivity contribution in [3.8, 4) is 5.69 Å². The molecule has 6 heteroatoms. The zero-order valence-corrected chi connectivity index (χ0v) is 11.6. The van der Waals surface area contributed by atoms with Crippen LogP contribution in [-0.2, 0) is 6.18 Å². The summed E-state index contributed by atoms with van der Waals surface area (Å²) in [7, 11) is 0. The predicted octanol–water partition coefficient (Wildman–Crippen LogP) is 3.71. The van der Waals surface area contributed by atoms with Gasteiger partial charge in [0.2, 0.25) is 0 Å². The van der Waals surface area contributed by atoms with Gasteiger partial charge in [0.05, 0.1) is 22.3 Å². The van der Waals surface area contributed by atoms with Gasteiger partial charge in [0, 0.05) is 5.39 Å². The molecule has 0 unspecified atom stereocenters. The molecule has 0 bridgehead atoms. The maximum Gasteiger partial charge on any atom is 0.416 e. The first kappa shape index (κ1) is 14.3. The van der Waals surface area contributed by atoms with Crippen LogP contribution in [0, 0.1) is 6.92 Å². The molecule has 3 nitrogen and oxygen atoms in total. The average Bonchev–Trinajstić information content (AvgIpc) is 2.50. The molecule has 0 atom stereocenters. The lowest BCUT2D eigenvalue weighted by atomic mass is 10.1. The second-order valence-corrected chi connectivity index (χ2v) is 4.89. The zero-order chi connectivity index (χ0) is 15.9. The van der Waals surface area contributed by atoms with Gasteiger partial charge in [-0.3, -0.25) is 4.79 Å². The quantitative estimate of drug-likeness (QED) is 0.687. The summed E-state index contributed by atoms with van der Waals surface area (Å²) in [6.45, 7) is 1.75. The molecule has 112 valence electrons. The van der Waals surface area contributed by atoms with Crippen molar-refractivity contribution >= 4 is 10.8 Å². The Morgan fingerprint density at radius 2 is 1.55 bits per heavy atom. The molecule has 1 heterocycles. The molecular weight excluding hydrogens is 293 g/mol. The third-order valence-corrected chi connectivity index (χ3v) is 3.43. The van der Waals surface area contributed by atoms with Crippen molar-refractivity contribution in [3.63, 3.8) is 0 Å². The van der Waals surface area contributed by atoms with E-state index in [1.165, 1.54) is 12.1 Å². The fourth-order valence-electron chi connectivity index (χ4n) is 2.32. The van der Waals surface area contributed by atoms with Gasteiger partial charge < -0.3 is 0 Å². The van der Waals surface area contributed by atoms with E-state index in [1.54, 1.807) is 31.2 Å². The fourth-order valence-corrected chi connectivity index (χ4v) is 2.32. The Labute approximate surface area is 123 Å². The maximum atomic E-state index is 12.6. The molecule has 0 saturated heterocycles. The van der Waals surface area contributed by atoms with Gasteiger partial charge in [-0.05, 0) is 37.3 Å². The van der Waals surface area contributed by atoms with Gasteiger partial charge in [0.1, 0.15) is 0 Å². The highest BCUT2D eigenvalue weighted by atomic mass is 19.4. The third kappa shape index (κ3) is 2.36. The number of halogens is 3. The lowest BCUT2D eigenvalue weighted by Gasteiger charge is -2.10. The second-order valence-electron chi connectivity index (χ2n) is 4.89. The summed E-state index contributed by atoms with van der Waals surface area (Å²) in [4.78, 5) is 12.4. The molecule has 0 saturated carbocycles. The number of fused-ring (bicyclic) bond motifs is 1. The highest BCUT2D eigenvalue weighted by Gasteiger charge is 2.30. The first-order valence-electron chi connectivity index (χ1n) is 6.54. The van der Waals surface area contributed by atoms with Crippen LogP contribution in [-0.4, -0.2) is 9.78 Å². The Balaban J connectivity index is 2.19. The van der Waals surface area contributed by atoms with E-state index in [2.05, 4.69) is 5.10 Å². The van der Waals surface area contributed by atoms with E-state index in [0.29, 0.717) is 16.8 Å². The van der Waals surface area contributed by atoms with Crippen LogP contribution in [0.5, 0.6) is 0 Å². The number of nitrogens with zero attached hydrogens (tertiary/aromatic N) is 2. The van der Waals surface area contributed by atoms with Crippen LogP contribution in [0.1, 0.15) is 11.3 Å². The zero-order valence-electron chi connectivity index (χ0n) is 11.6. The third-order valence-electron chi connectivity index (χ3n) is 3.43. The summed E-state index contributed by atoms with van der Waals surface area (Å²) >= 11 is 0. The highest BCUT2D eigenvalue weighted by molar-refractivity contribution is 5.83. The smallest absolute Gasteiger partial charge is 0.267 e. The van der Waals surface area contributed by atoms with Crippen LogP contribution in [0.25, 0.3) is 16.5 Å². The number of benzene rings is 2. The topological polar surface area (TPSA) is 34.9 Å². The summed E-state index contributed by atoms with van der Waals surface area (Å²) in [5.74, 6) is 0. The van der Waals surface area contributed by atoms with Gasteiger partial charge >= 0.3 is 6.18 Å². The molecule has 0 aliphatic rings. The van der Waals surface area contributed by atoms with Crippen LogP contribution < -0.4 is 5.56 Å². The van der Waals surface area contributed by atoms with Crippen LogP contribution in [0.3, 0.4) is 0 Å². The van der Waals surface area contributed by atoms with Gasteiger partial charge in [-0.15, -0.1) is 0 Å². The van der Waals surface area contributed by atoms with E-state index >= 15 is 0 Å². The number of hydrogen-bond acceptors (Lipinski definition) is 2. The van der Waals surface area contributed by atoms with Crippen molar-refractivity contribution in [2.45, 2.75) is 13.1 Å². The van der Waals surface area contributed by atoms with Crippen LogP contribution in [0.4, 0.5) is 13.2 Å². The van der Waals surface area contributed by atoms with Gasteiger partial charge in [-0.1, -0.05) is 18.2 Å². The molecular formula is C16H11F3N2O. The largest absolute Gasteiger partial charge is 0.416 e. The average molecular weight is 304 g/mol. The van der Waals surface area contributed by atoms with Gasteiger partial charge in [-0.2, -0.15) is 23.0 Å². The highest BCUT2D eigenvalue weighted by Crippen LogP contribution is 2.29. The van der Waals surface area contributed by atoms with Crippen molar-refractivity contribution in [1.29, 1.82) is 0 Å². The van der Waals surface area contributed by atoms with E-state index in [4.69, 9.17) is 0 Å². The van der Waals surface area contributed by atoms with Crippen LogP contribution in [0.15, 0.2) is 53.3 Å². The lowest BCUT2D eigenvalue weighted by molar-refractivity contribution is -0.137. The molecule has 0 spiro atoms. The SMILES string of the molecule is Cc1nn(-c2ccc(C(F)(F)F)cc2)c(=O)c2ccccc12. The number of aryl methyl sites for hydroxylation is 1. The molecule has 0 amide bonds. The maximum absolute atomic E-state index is 12.6. The van der Waals surface area contributed by atoms with Crippen molar-refractivity contribution in [3.05, 3.63) is 70.1 Å². The van der Waals surface area contributed by atoms with Crippen LogP contribution >= 0.6 is 0 Å². The number of aromatic nitrogens is 2. The van der Waals surface area contributed by atoms with Crippen molar-refractivity contribution in [1.82, 2.24) is 9.78 Å². The number of hydrogen-bond donors (Lipinski definition) is 0. The van der Waals surface area contributed by atoms with E-state index in [-0.39, 0.29) is 5.56 Å². The summed E-state index contributed by atoms with van der Waals surface area (Å²) < 4.78 is 38.9. The van der Waals surface area contributed by atoms with Gasteiger partial charge in [-0.25, -0.2) is 0 Å². The molecule has 0 aliphatic heterocycles. The molecule has 22 heavy (non-hydrogen) atoms. The molecule has 3 rings (SSSR count). The Morgan fingerprint density at radius 1 is 0.955 bits per heavy atom. The monoisotopic (exact) mass is 304 g/mol. The van der Waals surface area contributed by atoms with E-state index in [9.17, 15) is 18.0 Å². The van der Waals surface area contributed by atoms with E-state index in [0.717, 1.165) is 22.2 Å². The molecule has 0 radical (unpaired) electrons. The first-order valence-corrected chi connectivity index (χ1v) is 6.54. The summed E-state index contributed by atoms with van der Waals surface area (Å²) in [6, 6.07) is 11.4. The normalized spacial score (nSPS) is 11.8. The molecule has 1 aromatic heterocycles. The van der Waals surface area contributed by atoms with Crippen molar-refractivity contribution in [2.75, 3.05) is 0 Å². The Kier molecular flexibility index (Phi) is 3.24. The fraction of sp³-hybridized carbons (Fsp3) is 0.125. The van der Waals surface area contributed by atoms with Crippen molar-refractivity contribution < 1.29 is 13.2 Å². The molecule has 0 N–H and O–H groups in total. The number of rotatable bonds is 1. The Hall–Kier alpha value is -2.63.